The molecule has 4 rings (SSSR count). The van der Waals surface area contributed by atoms with Crippen molar-refractivity contribution in [3.8, 4) is 16.9 Å². The van der Waals surface area contributed by atoms with Crippen molar-refractivity contribution < 1.29 is 17.9 Å². The minimum atomic E-state index is -4.43. The van der Waals surface area contributed by atoms with Gasteiger partial charge in [0.1, 0.15) is 12.4 Å². The molecule has 3 aromatic rings. The highest BCUT2D eigenvalue weighted by atomic mass is 35.5. The maximum Gasteiger partial charge on any atom is 0.417 e. The summed E-state index contributed by atoms with van der Waals surface area (Å²) in [7, 11) is 0. The molecule has 28 heavy (non-hydrogen) atoms. The molecule has 0 fully saturated rings. The number of nitrogens with one attached hydrogen (secondary N) is 1. The van der Waals surface area contributed by atoms with Crippen LogP contribution in [-0.4, -0.2) is 6.54 Å². The zero-order valence-electron chi connectivity index (χ0n) is 14.9. The number of ether oxygens (including phenoxy) is 1. The van der Waals surface area contributed by atoms with Crippen LogP contribution in [0.1, 0.15) is 16.7 Å². The quantitative estimate of drug-likeness (QED) is 0.546. The molecule has 1 aliphatic heterocycles. The van der Waals surface area contributed by atoms with Crippen molar-refractivity contribution >= 4 is 18.1 Å². The Kier molecular flexibility index (Phi) is 5.84. The van der Waals surface area contributed by atoms with Crippen molar-refractivity contribution in [2.45, 2.75) is 19.2 Å². The SMILES string of the molecule is Cl.FC(F)(F)c1cc(COc2ccc3c(c2)CCN3)ccc1-c1ccccc1. The van der Waals surface area contributed by atoms with E-state index in [1.165, 1.54) is 17.7 Å². The van der Waals surface area contributed by atoms with E-state index in [0.717, 1.165) is 18.7 Å². The van der Waals surface area contributed by atoms with Crippen LogP contribution in [0.15, 0.2) is 66.7 Å². The molecule has 0 amide bonds. The third-order valence-electron chi connectivity index (χ3n) is 4.67. The Hall–Kier alpha value is -2.66. The van der Waals surface area contributed by atoms with Crippen LogP contribution in [0.25, 0.3) is 11.1 Å². The van der Waals surface area contributed by atoms with E-state index in [9.17, 15) is 13.2 Å². The van der Waals surface area contributed by atoms with Gasteiger partial charge in [0.2, 0.25) is 0 Å². The maximum atomic E-state index is 13.6. The molecule has 0 saturated heterocycles. The number of hydrogen-bond acceptors (Lipinski definition) is 2. The molecule has 2 nitrogen and oxygen atoms in total. The topological polar surface area (TPSA) is 21.3 Å². The van der Waals surface area contributed by atoms with Crippen LogP contribution in [0.3, 0.4) is 0 Å². The van der Waals surface area contributed by atoms with E-state index in [4.69, 9.17) is 4.74 Å². The summed E-state index contributed by atoms with van der Waals surface area (Å²) in [4.78, 5) is 0. The van der Waals surface area contributed by atoms with E-state index in [2.05, 4.69) is 5.32 Å². The van der Waals surface area contributed by atoms with Crippen molar-refractivity contribution in [3.05, 3.63) is 83.4 Å². The lowest BCUT2D eigenvalue weighted by atomic mass is 9.97. The summed E-state index contributed by atoms with van der Waals surface area (Å²) in [6.07, 6.45) is -3.50. The lowest BCUT2D eigenvalue weighted by Crippen LogP contribution is -2.09. The van der Waals surface area contributed by atoms with Gasteiger partial charge < -0.3 is 10.1 Å². The molecule has 0 radical (unpaired) electrons. The third kappa shape index (κ3) is 4.25. The average Bonchev–Trinajstić information content (AvgIpc) is 3.14. The summed E-state index contributed by atoms with van der Waals surface area (Å²) < 4.78 is 46.5. The van der Waals surface area contributed by atoms with Gasteiger partial charge in [0.15, 0.2) is 0 Å². The van der Waals surface area contributed by atoms with E-state index >= 15 is 0 Å². The first-order valence-electron chi connectivity index (χ1n) is 8.76. The summed E-state index contributed by atoms with van der Waals surface area (Å²) >= 11 is 0. The van der Waals surface area contributed by atoms with Crippen LogP contribution in [-0.2, 0) is 19.2 Å². The molecular weight excluding hydrogens is 387 g/mol. The minimum absolute atomic E-state index is 0. The van der Waals surface area contributed by atoms with Crippen LogP contribution in [0, 0.1) is 0 Å². The van der Waals surface area contributed by atoms with Gasteiger partial charge >= 0.3 is 6.18 Å². The summed E-state index contributed by atoms with van der Waals surface area (Å²) in [5, 5.41) is 3.27. The van der Waals surface area contributed by atoms with Crippen LogP contribution >= 0.6 is 12.4 Å². The molecule has 1 heterocycles. The van der Waals surface area contributed by atoms with Gasteiger partial charge in [-0.3, -0.25) is 0 Å². The average molecular weight is 406 g/mol. The first kappa shape index (κ1) is 20.1. The molecule has 0 spiro atoms. The predicted molar refractivity (Wildman–Crippen MR) is 107 cm³/mol. The Balaban J connectivity index is 0.00000225. The standard InChI is InChI=1S/C22H18F3NO.ClH/c23-22(24,25)20-12-15(6-8-19(20)16-4-2-1-3-5-16)14-27-18-7-9-21-17(13-18)10-11-26-21;/h1-9,12-13,26H,10-11,14H2;1H. The number of benzene rings is 3. The molecule has 0 aromatic heterocycles. The third-order valence-corrected chi connectivity index (χ3v) is 4.67. The lowest BCUT2D eigenvalue weighted by molar-refractivity contribution is -0.137. The minimum Gasteiger partial charge on any atom is -0.489 e. The summed E-state index contributed by atoms with van der Waals surface area (Å²) in [5.74, 6) is 0.665. The van der Waals surface area contributed by atoms with Crippen LogP contribution in [0.5, 0.6) is 5.75 Å². The van der Waals surface area contributed by atoms with E-state index in [-0.39, 0.29) is 24.6 Å². The molecule has 3 aromatic carbocycles. The fourth-order valence-corrected chi connectivity index (χ4v) is 3.32. The van der Waals surface area contributed by atoms with Gasteiger partial charge in [-0.2, -0.15) is 13.2 Å². The molecule has 0 aliphatic carbocycles. The van der Waals surface area contributed by atoms with Gasteiger partial charge in [0.05, 0.1) is 5.56 Å². The Morgan fingerprint density at radius 2 is 1.71 bits per heavy atom. The normalized spacial score (nSPS) is 12.7. The predicted octanol–water partition coefficient (Wildman–Crippen LogP) is 6.34. The van der Waals surface area contributed by atoms with Crippen LogP contribution in [0.2, 0.25) is 0 Å². The highest BCUT2D eigenvalue weighted by molar-refractivity contribution is 5.85. The smallest absolute Gasteiger partial charge is 0.417 e. The molecule has 0 unspecified atom stereocenters. The Morgan fingerprint density at radius 1 is 0.929 bits per heavy atom. The molecule has 1 N–H and O–H groups in total. The molecule has 146 valence electrons. The highest BCUT2D eigenvalue weighted by Crippen LogP contribution is 2.38. The molecule has 0 bridgehead atoms. The first-order chi connectivity index (χ1) is 13.0. The largest absolute Gasteiger partial charge is 0.489 e. The van der Waals surface area contributed by atoms with Gasteiger partial charge in [0.25, 0.3) is 0 Å². The number of anilines is 1. The number of alkyl halides is 3. The van der Waals surface area contributed by atoms with Gasteiger partial charge in [0, 0.05) is 12.2 Å². The van der Waals surface area contributed by atoms with Crippen LogP contribution in [0.4, 0.5) is 18.9 Å². The molecule has 0 saturated carbocycles. The molecule has 0 atom stereocenters. The molecule has 6 heteroatoms. The van der Waals surface area contributed by atoms with Gasteiger partial charge in [-0.05, 0) is 52.9 Å². The first-order valence-corrected chi connectivity index (χ1v) is 8.76. The van der Waals surface area contributed by atoms with Gasteiger partial charge in [-0.25, -0.2) is 0 Å². The van der Waals surface area contributed by atoms with E-state index in [0.29, 0.717) is 16.9 Å². The maximum absolute atomic E-state index is 13.6. The Bertz CT molecular complexity index is 958. The van der Waals surface area contributed by atoms with Crippen molar-refractivity contribution in [1.29, 1.82) is 0 Å². The second-order valence-electron chi connectivity index (χ2n) is 6.53. The van der Waals surface area contributed by atoms with E-state index in [1.807, 2.05) is 18.2 Å². The molecular formula is C22H19ClF3NO. The van der Waals surface area contributed by atoms with E-state index < -0.39 is 11.7 Å². The number of halogens is 4. The zero-order valence-corrected chi connectivity index (χ0v) is 15.7. The second kappa shape index (κ2) is 8.15. The van der Waals surface area contributed by atoms with Crippen LogP contribution < -0.4 is 10.1 Å². The van der Waals surface area contributed by atoms with Crippen molar-refractivity contribution in [2.24, 2.45) is 0 Å². The monoisotopic (exact) mass is 405 g/mol. The highest BCUT2D eigenvalue weighted by Gasteiger charge is 2.34. The number of hydrogen-bond donors (Lipinski definition) is 1. The summed E-state index contributed by atoms with van der Waals surface area (Å²) in [6.45, 7) is 0.985. The van der Waals surface area contributed by atoms with Gasteiger partial charge in [-0.1, -0.05) is 42.5 Å². The molecule has 1 aliphatic rings. The Morgan fingerprint density at radius 3 is 2.46 bits per heavy atom. The van der Waals surface area contributed by atoms with Crippen molar-refractivity contribution in [2.75, 3.05) is 11.9 Å². The van der Waals surface area contributed by atoms with Crippen molar-refractivity contribution in [1.82, 2.24) is 0 Å². The number of rotatable bonds is 4. The zero-order chi connectivity index (χ0) is 18.9. The van der Waals surface area contributed by atoms with Crippen molar-refractivity contribution in [3.63, 3.8) is 0 Å². The number of fused-ring (bicyclic) bond motifs is 1. The Labute approximate surface area is 167 Å². The lowest BCUT2D eigenvalue weighted by Gasteiger charge is -2.15. The fourth-order valence-electron chi connectivity index (χ4n) is 3.32. The fraction of sp³-hybridized carbons (Fsp3) is 0.182. The second-order valence-corrected chi connectivity index (χ2v) is 6.53. The summed E-state index contributed by atoms with van der Waals surface area (Å²) in [5.41, 5.74) is 2.82. The van der Waals surface area contributed by atoms with Gasteiger partial charge in [-0.15, -0.1) is 12.4 Å². The summed E-state index contributed by atoms with van der Waals surface area (Å²) in [6, 6.07) is 18.7. The van der Waals surface area contributed by atoms with E-state index in [1.54, 1.807) is 36.4 Å².